The summed E-state index contributed by atoms with van der Waals surface area (Å²) in [5.74, 6) is 0.365. The number of rotatable bonds is 5. The summed E-state index contributed by atoms with van der Waals surface area (Å²) in [7, 11) is 0. The van der Waals surface area contributed by atoms with E-state index < -0.39 is 0 Å². The Balaban J connectivity index is 1.87. The summed E-state index contributed by atoms with van der Waals surface area (Å²) in [6.45, 7) is 1.76. The van der Waals surface area contributed by atoms with Gasteiger partial charge in [0.05, 0.1) is 0 Å². The summed E-state index contributed by atoms with van der Waals surface area (Å²) in [5.41, 5.74) is 0.950. The van der Waals surface area contributed by atoms with Crippen molar-refractivity contribution in [3.63, 3.8) is 0 Å². The normalized spacial score (nSPS) is 17.4. The van der Waals surface area contributed by atoms with E-state index in [-0.39, 0.29) is 0 Å². The molecular weight excluding hydrogens is 286 g/mol. The minimum Gasteiger partial charge on any atom is -0.508 e. The van der Waals surface area contributed by atoms with Gasteiger partial charge in [-0.3, -0.25) is 0 Å². The monoisotopic (exact) mass is 301 g/mol. The van der Waals surface area contributed by atoms with Crippen molar-refractivity contribution < 1.29 is 5.11 Å². The van der Waals surface area contributed by atoms with Gasteiger partial charge in [-0.2, -0.15) is 11.8 Å². The molecule has 88 valence electrons. The number of halogens is 1. The fourth-order valence-electron chi connectivity index (χ4n) is 1.71. The molecule has 16 heavy (non-hydrogen) atoms. The summed E-state index contributed by atoms with van der Waals surface area (Å²) in [6.07, 6.45) is 4.79. The Kier molecular flexibility index (Phi) is 3.82. The number of hydrogen-bond acceptors (Lipinski definition) is 3. The van der Waals surface area contributed by atoms with Crippen LogP contribution in [0.2, 0.25) is 0 Å². The largest absolute Gasteiger partial charge is 0.508 e. The predicted molar refractivity (Wildman–Crippen MR) is 73.0 cm³/mol. The smallest absolute Gasteiger partial charge is 0.120 e. The third-order valence-electron chi connectivity index (χ3n) is 3.04. The maximum Gasteiger partial charge on any atom is 0.120 e. The van der Waals surface area contributed by atoms with E-state index in [4.69, 9.17) is 0 Å². The van der Waals surface area contributed by atoms with Crippen molar-refractivity contribution in [2.75, 3.05) is 12.8 Å². The van der Waals surface area contributed by atoms with Gasteiger partial charge in [-0.15, -0.1) is 0 Å². The van der Waals surface area contributed by atoms with Crippen LogP contribution in [0.1, 0.15) is 18.4 Å². The molecule has 4 heteroatoms. The first-order valence-electron chi connectivity index (χ1n) is 5.38. The summed E-state index contributed by atoms with van der Waals surface area (Å²) in [4.78, 5) is 0. The minimum absolute atomic E-state index is 0.365. The number of thioether (sulfide) groups is 1. The number of phenolic OH excluding ortho intramolecular Hbond substituents is 1. The van der Waals surface area contributed by atoms with Crippen LogP contribution in [-0.2, 0) is 6.54 Å². The highest BCUT2D eigenvalue weighted by Crippen LogP contribution is 2.46. The lowest BCUT2D eigenvalue weighted by Crippen LogP contribution is -2.25. The standard InChI is InChI=1S/C12H16BrNOS/c1-16-12(4-5-12)8-14-7-9-6-10(13)2-3-11(9)15/h2-3,6,14-15H,4-5,7-8H2,1H3. The number of benzene rings is 1. The van der Waals surface area contributed by atoms with Gasteiger partial charge in [-0.05, 0) is 37.3 Å². The van der Waals surface area contributed by atoms with E-state index in [0.29, 0.717) is 10.5 Å². The third-order valence-corrected chi connectivity index (χ3v) is 4.96. The summed E-state index contributed by atoms with van der Waals surface area (Å²) in [5, 5.41) is 13.1. The second kappa shape index (κ2) is 4.98. The van der Waals surface area contributed by atoms with Gasteiger partial charge in [-0.1, -0.05) is 15.9 Å². The Labute approximate surface area is 109 Å². The fourth-order valence-corrected chi connectivity index (χ4v) is 2.88. The van der Waals surface area contributed by atoms with Crippen LogP contribution >= 0.6 is 27.7 Å². The molecule has 0 bridgehead atoms. The van der Waals surface area contributed by atoms with E-state index >= 15 is 0 Å². The van der Waals surface area contributed by atoms with Gasteiger partial charge in [0.2, 0.25) is 0 Å². The van der Waals surface area contributed by atoms with Crippen LogP contribution in [0.3, 0.4) is 0 Å². The van der Waals surface area contributed by atoms with Crippen molar-refractivity contribution in [1.82, 2.24) is 5.32 Å². The van der Waals surface area contributed by atoms with Crippen LogP contribution < -0.4 is 5.32 Å². The van der Waals surface area contributed by atoms with Gasteiger partial charge in [-0.25, -0.2) is 0 Å². The maximum atomic E-state index is 9.67. The molecule has 0 heterocycles. The Morgan fingerprint density at radius 2 is 2.25 bits per heavy atom. The first-order valence-corrected chi connectivity index (χ1v) is 7.40. The van der Waals surface area contributed by atoms with Gasteiger partial charge in [0, 0.05) is 27.9 Å². The van der Waals surface area contributed by atoms with Crippen molar-refractivity contribution in [2.24, 2.45) is 0 Å². The molecule has 1 aliphatic carbocycles. The molecule has 0 unspecified atom stereocenters. The van der Waals surface area contributed by atoms with Gasteiger partial charge < -0.3 is 10.4 Å². The van der Waals surface area contributed by atoms with Crippen molar-refractivity contribution in [1.29, 1.82) is 0 Å². The van der Waals surface area contributed by atoms with Crippen molar-refractivity contribution in [2.45, 2.75) is 24.1 Å². The number of phenols is 1. The molecule has 2 nitrogen and oxygen atoms in total. The van der Waals surface area contributed by atoms with Crippen LogP contribution in [0, 0.1) is 0 Å². The minimum atomic E-state index is 0.365. The SMILES string of the molecule is CSC1(CNCc2cc(Br)ccc2O)CC1. The second-order valence-electron chi connectivity index (χ2n) is 4.26. The molecule has 0 atom stereocenters. The zero-order valence-corrected chi connectivity index (χ0v) is 11.7. The van der Waals surface area contributed by atoms with E-state index in [1.165, 1.54) is 12.8 Å². The highest BCUT2D eigenvalue weighted by molar-refractivity contribution is 9.10. The van der Waals surface area contributed by atoms with Crippen molar-refractivity contribution in [3.8, 4) is 5.75 Å². The Hall–Kier alpha value is -0.190. The molecular formula is C12H16BrNOS. The van der Waals surface area contributed by atoms with Crippen LogP contribution in [0.4, 0.5) is 0 Å². The van der Waals surface area contributed by atoms with E-state index in [9.17, 15) is 5.11 Å². The van der Waals surface area contributed by atoms with Gasteiger partial charge in [0.25, 0.3) is 0 Å². The maximum absolute atomic E-state index is 9.67. The second-order valence-corrected chi connectivity index (χ2v) is 6.45. The molecule has 0 aromatic heterocycles. The molecule has 0 amide bonds. The molecule has 0 aliphatic heterocycles. The van der Waals surface area contributed by atoms with Gasteiger partial charge in [0.15, 0.2) is 0 Å². The number of nitrogens with one attached hydrogen (secondary N) is 1. The third kappa shape index (κ3) is 2.93. The van der Waals surface area contributed by atoms with Crippen molar-refractivity contribution in [3.05, 3.63) is 28.2 Å². The summed E-state index contributed by atoms with van der Waals surface area (Å²) >= 11 is 5.36. The molecule has 2 rings (SSSR count). The molecule has 1 aliphatic rings. The van der Waals surface area contributed by atoms with E-state index in [2.05, 4.69) is 27.5 Å². The quantitative estimate of drug-likeness (QED) is 0.876. The summed E-state index contributed by atoms with van der Waals surface area (Å²) < 4.78 is 1.48. The first kappa shape index (κ1) is 12.3. The first-order chi connectivity index (χ1) is 7.65. The lowest BCUT2D eigenvalue weighted by molar-refractivity contribution is 0.464. The van der Waals surface area contributed by atoms with Crippen LogP contribution in [-0.4, -0.2) is 22.7 Å². The topological polar surface area (TPSA) is 32.3 Å². The molecule has 2 N–H and O–H groups in total. The molecule has 0 saturated heterocycles. The Bertz CT molecular complexity index is 379. The molecule has 1 fully saturated rings. The molecule has 1 aromatic carbocycles. The van der Waals surface area contributed by atoms with Gasteiger partial charge >= 0.3 is 0 Å². The van der Waals surface area contributed by atoms with Crippen LogP contribution in [0.25, 0.3) is 0 Å². The lowest BCUT2D eigenvalue weighted by atomic mass is 10.2. The van der Waals surface area contributed by atoms with Gasteiger partial charge in [0.1, 0.15) is 5.75 Å². The average Bonchev–Trinajstić information content (AvgIpc) is 3.04. The highest BCUT2D eigenvalue weighted by Gasteiger charge is 2.41. The van der Waals surface area contributed by atoms with E-state index in [1.807, 2.05) is 23.9 Å². The van der Waals surface area contributed by atoms with Crippen molar-refractivity contribution >= 4 is 27.7 Å². The zero-order valence-electron chi connectivity index (χ0n) is 9.29. The molecule has 1 saturated carbocycles. The average molecular weight is 302 g/mol. The number of aromatic hydroxyl groups is 1. The highest BCUT2D eigenvalue weighted by atomic mass is 79.9. The van der Waals surface area contributed by atoms with Crippen LogP contribution in [0.15, 0.2) is 22.7 Å². The number of hydrogen-bond donors (Lipinski definition) is 2. The zero-order chi connectivity index (χ0) is 11.6. The van der Waals surface area contributed by atoms with E-state index in [0.717, 1.165) is 23.1 Å². The predicted octanol–water partition coefficient (Wildman–Crippen LogP) is 3.14. The Morgan fingerprint density at radius 3 is 2.88 bits per heavy atom. The van der Waals surface area contributed by atoms with Crippen LogP contribution in [0.5, 0.6) is 5.75 Å². The molecule has 0 spiro atoms. The lowest BCUT2D eigenvalue weighted by Gasteiger charge is -2.13. The molecule has 1 aromatic rings. The molecule has 0 radical (unpaired) electrons. The fraction of sp³-hybridized carbons (Fsp3) is 0.500. The van der Waals surface area contributed by atoms with E-state index in [1.54, 1.807) is 6.07 Å². The summed E-state index contributed by atoms with van der Waals surface area (Å²) in [6, 6.07) is 5.53. The Morgan fingerprint density at radius 1 is 1.50 bits per heavy atom.